The molecule has 1 heterocycles. The average Bonchev–Trinajstić information content (AvgIpc) is 3.30. The molecule has 4 rings (SSSR count). The molecule has 1 aliphatic heterocycles. The van der Waals surface area contributed by atoms with Gasteiger partial charge in [-0.15, -0.1) is 0 Å². The molecule has 5 heteroatoms. The predicted molar refractivity (Wildman–Crippen MR) is 96.2 cm³/mol. The van der Waals surface area contributed by atoms with Crippen LogP contribution < -0.4 is 0 Å². The van der Waals surface area contributed by atoms with Gasteiger partial charge in [0.2, 0.25) is 10.0 Å². The molecular formula is C20H21NO3S. The maximum Gasteiger partial charge on any atom is 0.243 e. The van der Waals surface area contributed by atoms with Gasteiger partial charge in [-0.2, -0.15) is 4.31 Å². The Kier molecular flexibility index (Phi) is 4.21. The Labute approximate surface area is 148 Å². The molecule has 0 aromatic heterocycles. The van der Waals surface area contributed by atoms with E-state index in [0.717, 1.165) is 24.8 Å². The Balaban J connectivity index is 1.66. The fourth-order valence-corrected chi connectivity index (χ4v) is 5.64. The number of benzene rings is 2. The summed E-state index contributed by atoms with van der Waals surface area (Å²) in [6.45, 7) is 0.405. The SMILES string of the molecule is O=C(c1ccccc1)C1CCCN1S(=O)(=O)c1ccc2c(c1)CCC2. The fraction of sp³-hybridized carbons (Fsp3) is 0.350. The standard InChI is InChI=1S/C20H21NO3S/c22-20(16-6-2-1-3-7-16)19-10-5-13-21(19)25(23,24)18-12-11-15-8-4-9-17(15)14-18/h1-3,6-7,11-12,14,19H,4-5,8-10,13H2. The van der Waals surface area contributed by atoms with Crippen LogP contribution in [-0.2, 0) is 22.9 Å². The number of sulfonamides is 1. The number of nitrogens with zero attached hydrogens (tertiary/aromatic N) is 1. The third-order valence-electron chi connectivity index (χ3n) is 5.24. The van der Waals surface area contributed by atoms with Gasteiger partial charge in [-0.25, -0.2) is 8.42 Å². The highest BCUT2D eigenvalue weighted by molar-refractivity contribution is 7.89. The fourth-order valence-electron chi connectivity index (χ4n) is 3.93. The minimum Gasteiger partial charge on any atom is -0.292 e. The lowest BCUT2D eigenvalue weighted by Crippen LogP contribution is -2.40. The van der Waals surface area contributed by atoms with Gasteiger partial charge >= 0.3 is 0 Å². The van der Waals surface area contributed by atoms with Crippen molar-refractivity contribution in [1.29, 1.82) is 0 Å². The van der Waals surface area contributed by atoms with E-state index in [4.69, 9.17) is 0 Å². The predicted octanol–water partition coefficient (Wildman–Crippen LogP) is 3.21. The number of Topliss-reactive ketones (excluding diaryl/α,β-unsaturated/α-hetero) is 1. The lowest BCUT2D eigenvalue weighted by atomic mass is 10.0. The van der Waals surface area contributed by atoms with E-state index >= 15 is 0 Å². The highest BCUT2D eigenvalue weighted by Crippen LogP contribution is 2.31. The van der Waals surface area contributed by atoms with Crippen LogP contribution in [0.3, 0.4) is 0 Å². The van der Waals surface area contributed by atoms with E-state index in [1.807, 2.05) is 24.3 Å². The molecule has 0 spiro atoms. The Morgan fingerprint density at radius 1 is 0.960 bits per heavy atom. The molecule has 2 aromatic rings. The van der Waals surface area contributed by atoms with E-state index in [0.29, 0.717) is 29.8 Å². The Hall–Kier alpha value is -1.98. The second kappa shape index (κ2) is 6.39. The number of ketones is 1. The maximum absolute atomic E-state index is 13.2. The van der Waals surface area contributed by atoms with Crippen LogP contribution >= 0.6 is 0 Å². The third-order valence-corrected chi connectivity index (χ3v) is 7.15. The lowest BCUT2D eigenvalue weighted by molar-refractivity contribution is 0.0918. The molecular weight excluding hydrogens is 334 g/mol. The molecule has 0 bridgehead atoms. The van der Waals surface area contributed by atoms with E-state index in [2.05, 4.69) is 0 Å². The van der Waals surface area contributed by atoms with Gasteiger partial charge in [-0.3, -0.25) is 4.79 Å². The van der Waals surface area contributed by atoms with E-state index < -0.39 is 16.1 Å². The molecule has 0 saturated carbocycles. The van der Waals surface area contributed by atoms with Gasteiger partial charge in [0.05, 0.1) is 10.9 Å². The number of carbonyl (C=O) groups is 1. The van der Waals surface area contributed by atoms with E-state index in [1.165, 1.54) is 9.87 Å². The first kappa shape index (κ1) is 16.5. The second-order valence-corrected chi connectivity index (χ2v) is 8.68. The van der Waals surface area contributed by atoms with Crippen molar-refractivity contribution in [3.05, 3.63) is 65.2 Å². The zero-order valence-electron chi connectivity index (χ0n) is 14.0. The van der Waals surface area contributed by atoms with Crippen molar-refractivity contribution in [3.63, 3.8) is 0 Å². The van der Waals surface area contributed by atoms with Crippen LogP contribution in [0.1, 0.15) is 40.7 Å². The Bertz CT molecular complexity index is 906. The monoisotopic (exact) mass is 355 g/mol. The molecule has 0 N–H and O–H groups in total. The average molecular weight is 355 g/mol. The summed E-state index contributed by atoms with van der Waals surface area (Å²) in [5.74, 6) is -0.108. The zero-order valence-corrected chi connectivity index (χ0v) is 14.8. The quantitative estimate of drug-likeness (QED) is 0.792. The maximum atomic E-state index is 13.2. The second-order valence-electron chi connectivity index (χ2n) is 6.79. The van der Waals surface area contributed by atoms with Crippen molar-refractivity contribution in [2.75, 3.05) is 6.54 Å². The van der Waals surface area contributed by atoms with Crippen LogP contribution in [0.25, 0.3) is 0 Å². The number of hydrogen-bond acceptors (Lipinski definition) is 3. The molecule has 1 aliphatic carbocycles. The van der Waals surface area contributed by atoms with Crippen LogP contribution in [-0.4, -0.2) is 31.1 Å². The zero-order chi connectivity index (χ0) is 17.4. The molecule has 0 radical (unpaired) electrons. The first-order valence-electron chi connectivity index (χ1n) is 8.80. The van der Waals surface area contributed by atoms with E-state index in [9.17, 15) is 13.2 Å². The summed E-state index contributed by atoms with van der Waals surface area (Å²) in [4.78, 5) is 13.1. The summed E-state index contributed by atoms with van der Waals surface area (Å²) in [6, 6.07) is 13.8. The summed E-state index contributed by atoms with van der Waals surface area (Å²) < 4.78 is 27.7. The molecule has 25 heavy (non-hydrogen) atoms. The number of hydrogen-bond donors (Lipinski definition) is 0. The molecule has 130 valence electrons. The van der Waals surface area contributed by atoms with Gasteiger partial charge in [0, 0.05) is 12.1 Å². The Morgan fingerprint density at radius 3 is 2.52 bits per heavy atom. The number of aryl methyl sites for hydroxylation is 2. The minimum absolute atomic E-state index is 0.108. The third kappa shape index (κ3) is 2.92. The summed E-state index contributed by atoms with van der Waals surface area (Å²) >= 11 is 0. The van der Waals surface area contributed by atoms with Crippen molar-refractivity contribution in [3.8, 4) is 0 Å². The van der Waals surface area contributed by atoms with Crippen LogP contribution in [0, 0.1) is 0 Å². The first-order chi connectivity index (χ1) is 12.1. The lowest BCUT2D eigenvalue weighted by Gasteiger charge is -2.23. The molecule has 0 amide bonds. The van der Waals surface area contributed by atoms with Crippen molar-refractivity contribution in [1.82, 2.24) is 4.31 Å². The van der Waals surface area contributed by atoms with Gasteiger partial charge in [0.25, 0.3) is 0 Å². The Morgan fingerprint density at radius 2 is 1.72 bits per heavy atom. The van der Waals surface area contributed by atoms with Crippen LogP contribution in [0.5, 0.6) is 0 Å². The van der Waals surface area contributed by atoms with Crippen LogP contribution in [0.15, 0.2) is 53.4 Å². The highest BCUT2D eigenvalue weighted by atomic mass is 32.2. The smallest absolute Gasteiger partial charge is 0.243 e. The van der Waals surface area contributed by atoms with Gasteiger partial charge in [-0.1, -0.05) is 36.4 Å². The molecule has 1 saturated heterocycles. The van der Waals surface area contributed by atoms with E-state index in [-0.39, 0.29) is 5.78 Å². The normalized spacial score (nSPS) is 20.6. The minimum atomic E-state index is -3.65. The molecule has 4 nitrogen and oxygen atoms in total. The van der Waals surface area contributed by atoms with Gasteiger partial charge in [0.1, 0.15) is 0 Å². The number of rotatable bonds is 4. The van der Waals surface area contributed by atoms with Gasteiger partial charge in [0.15, 0.2) is 5.78 Å². The van der Waals surface area contributed by atoms with Crippen molar-refractivity contribution < 1.29 is 13.2 Å². The summed E-state index contributed by atoms with van der Waals surface area (Å²) in [6.07, 6.45) is 4.34. The summed E-state index contributed by atoms with van der Waals surface area (Å²) in [5.41, 5.74) is 2.95. The van der Waals surface area contributed by atoms with Gasteiger partial charge < -0.3 is 0 Å². The molecule has 1 fully saturated rings. The van der Waals surface area contributed by atoms with Crippen molar-refractivity contribution in [2.45, 2.75) is 43.0 Å². The summed E-state index contributed by atoms with van der Waals surface area (Å²) in [5, 5.41) is 0. The molecule has 2 aromatic carbocycles. The van der Waals surface area contributed by atoms with Crippen LogP contribution in [0.4, 0.5) is 0 Å². The number of carbonyl (C=O) groups excluding carboxylic acids is 1. The van der Waals surface area contributed by atoms with Crippen molar-refractivity contribution in [2.24, 2.45) is 0 Å². The molecule has 2 aliphatic rings. The first-order valence-corrected chi connectivity index (χ1v) is 10.2. The van der Waals surface area contributed by atoms with Crippen LogP contribution in [0.2, 0.25) is 0 Å². The molecule has 1 atom stereocenters. The largest absolute Gasteiger partial charge is 0.292 e. The summed E-state index contributed by atoms with van der Waals surface area (Å²) in [7, 11) is -3.65. The van der Waals surface area contributed by atoms with E-state index in [1.54, 1.807) is 24.3 Å². The number of fused-ring (bicyclic) bond motifs is 1. The topological polar surface area (TPSA) is 54.5 Å². The van der Waals surface area contributed by atoms with Crippen molar-refractivity contribution >= 4 is 15.8 Å². The molecule has 1 unspecified atom stereocenters. The van der Waals surface area contributed by atoms with Gasteiger partial charge in [-0.05, 0) is 55.4 Å². The highest BCUT2D eigenvalue weighted by Gasteiger charge is 2.39.